The SMILES string of the molecule is C=S.c1ccc(NNc2c[nH]c3nccc(N4CCOCC4)c23)cc1. The molecule has 0 spiro atoms. The third kappa shape index (κ3) is 3.89. The first kappa shape index (κ1) is 17.2. The molecule has 0 atom stereocenters. The highest BCUT2D eigenvalue weighted by Crippen LogP contribution is 2.32. The minimum Gasteiger partial charge on any atom is -0.378 e. The van der Waals surface area contributed by atoms with E-state index in [0.29, 0.717) is 0 Å². The first-order chi connectivity index (χ1) is 12.4. The van der Waals surface area contributed by atoms with E-state index in [-0.39, 0.29) is 0 Å². The highest BCUT2D eigenvalue weighted by molar-refractivity contribution is 7.77. The van der Waals surface area contributed by atoms with Crippen molar-refractivity contribution in [3.05, 3.63) is 48.8 Å². The molecule has 0 amide bonds. The normalized spacial score (nSPS) is 13.8. The Hall–Kier alpha value is -2.64. The maximum atomic E-state index is 5.46. The van der Waals surface area contributed by atoms with Gasteiger partial charge in [-0.1, -0.05) is 30.4 Å². The largest absolute Gasteiger partial charge is 0.378 e. The molecule has 4 rings (SSSR count). The monoisotopic (exact) mass is 355 g/mol. The Kier molecular flexibility index (Phi) is 5.81. The summed E-state index contributed by atoms with van der Waals surface area (Å²) in [7, 11) is 0. The number of thiocarbonyl (C=S) groups is 1. The molecule has 1 aliphatic heterocycles. The van der Waals surface area contributed by atoms with Crippen LogP contribution in [-0.2, 0) is 4.74 Å². The lowest BCUT2D eigenvalue weighted by Gasteiger charge is -2.29. The van der Waals surface area contributed by atoms with Gasteiger partial charge in [0.05, 0.1) is 35.7 Å². The standard InChI is InChI=1S/C17H19N5O.CH2S/c1-2-4-13(5-3-1)20-21-14-12-19-17-16(14)15(6-7-18-17)22-8-10-23-11-9-22;1-2/h1-7,12,20-21H,8-11H2,(H,18,19);1H2. The van der Waals surface area contributed by atoms with Crippen LogP contribution in [0.2, 0.25) is 0 Å². The number of rotatable bonds is 4. The highest BCUT2D eigenvalue weighted by atomic mass is 32.1. The molecule has 3 aromatic rings. The second-order valence-corrected chi connectivity index (χ2v) is 5.47. The molecule has 2 aromatic heterocycles. The second kappa shape index (κ2) is 8.46. The van der Waals surface area contributed by atoms with Crippen molar-refractivity contribution in [1.82, 2.24) is 9.97 Å². The van der Waals surface area contributed by atoms with Crippen LogP contribution < -0.4 is 15.8 Å². The van der Waals surface area contributed by atoms with Crippen molar-refractivity contribution >= 4 is 46.2 Å². The van der Waals surface area contributed by atoms with Gasteiger partial charge < -0.3 is 20.0 Å². The third-order valence-corrected chi connectivity index (χ3v) is 4.02. The van der Waals surface area contributed by atoms with Crippen molar-refractivity contribution in [3.63, 3.8) is 0 Å². The molecule has 3 N–H and O–H groups in total. The number of hydrogen-bond donors (Lipinski definition) is 3. The van der Waals surface area contributed by atoms with Crippen LogP contribution in [0.25, 0.3) is 11.0 Å². The first-order valence-electron chi connectivity index (χ1n) is 8.06. The number of morpholine rings is 1. The minimum absolute atomic E-state index is 0.763. The van der Waals surface area contributed by atoms with Crippen molar-refractivity contribution in [2.75, 3.05) is 42.1 Å². The van der Waals surface area contributed by atoms with E-state index in [1.54, 1.807) is 0 Å². The maximum absolute atomic E-state index is 5.46. The van der Waals surface area contributed by atoms with E-state index in [4.69, 9.17) is 4.74 Å². The van der Waals surface area contributed by atoms with Crippen LogP contribution in [0.5, 0.6) is 0 Å². The lowest BCUT2D eigenvalue weighted by atomic mass is 10.2. The van der Waals surface area contributed by atoms with Gasteiger partial charge in [0, 0.05) is 25.5 Å². The molecule has 1 fully saturated rings. The highest BCUT2D eigenvalue weighted by Gasteiger charge is 2.17. The number of nitrogens with zero attached hydrogens (tertiary/aromatic N) is 2. The molecule has 7 heteroatoms. The molecule has 6 nitrogen and oxygen atoms in total. The van der Waals surface area contributed by atoms with Gasteiger partial charge in [-0.15, -0.1) is 0 Å². The molecule has 1 aliphatic rings. The fraction of sp³-hybridized carbons (Fsp3) is 0.222. The summed E-state index contributed by atoms with van der Waals surface area (Å²) in [5.74, 6) is 2.83. The summed E-state index contributed by atoms with van der Waals surface area (Å²) in [6, 6.07) is 12.1. The Bertz CT molecular complexity index is 802. The van der Waals surface area contributed by atoms with E-state index in [0.717, 1.165) is 48.7 Å². The van der Waals surface area contributed by atoms with Gasteiger partial charge in [-0.2, -0.15) is 0 Å². The smallest absolute Gasteiger partial charge is 0.141 e. The molecule has 0 aliphatic carbocycles. The Morgan fingerprint density at radius 1 is 1.08 bits per heavy atom. The molecule has 1 aromatic carbocycles. The van der Waals surface area contributed by atoms with Gasteiger partial charge in [0.25, 0.3) is 0 Å². The first-order valence-corrected chi connectivity index (χ1v) is 8.64. The predicted molar refractivity (Wildman–Crippen MR) is 108 cm³/mol. The number of hydrazine groups is 1. The van der Waals surface area contributed by atoms with Crippen molar-refractivity contribution in [2.45, 2.75) is 0 Å². The molecule has 3 heterocycles. The summed E-state index contributed by atoms with van der Waals surface area (Å²) in [5, 5.41) is 1.10. The van der Waals surface area contributed by atoms with E-state index in [2.05, 4.69) is 49.9 Å². The third-order valence-electron chi connectivity index (χ3n) is 4.02. The molecule has 0 saturated carbocycles. The van der Waals surface area contributed by atoms with E-state index in [1.807, 2.05) is 42.7 Å². The summed E-state index contributed by atoms with van der Waals surface area (Å²) in [6.45, 7) is 3.32. The fourth-order valence-corrected chi connectivity index (χ4v) is 2.87. The van der Waals surface area contributed by atoms with Crippen molar-refractivity contribution in [3.8, 4) is 0 Å². The van der Waals surface area contributed by atoms with Gasteiger partial charge in [-0.3, -0.25) is 5.43 Å². The lowest BCUT2D eigenvalue weighted by Crippen LogP contribution is -2.36. The number of anilines is 3. The fourth-order valence-electron chi connectivity index (χ4n) is 2.87. The average Bonchev–Trinajstić information content (AvgIpc) is 3.13. The number of benzene rings is 1. The molecular weight excluding hydrogens is 334 g/mol. The number of para-hydroxylation sites is 1. The minimum atomic E-state index is 0.763. The van der Waals surface area contributed by atoms with Gasteiger partial charge in [-0.05, 0) is 24.1 Å². The van der Waals surface area contributed by atoms with E-state index < -0.39 is 0 Å². The molecular formula is C18H21N5OS. The van der Waals surface area contributed by atoms with Crippen molar-refractivity contribution in [1.29, 1.82) is 0 Å². The number of nitrogens with one attached hydrogen (secondary N) is 3. The van der Waals surface area contributed by atoms with Gasteiger partial charge in [-0.25, -0.2) is 4.98 Å². The van der Waals surface area contributed by atoms with E-state index in [9.17, 15) is 0 Å². The van der Waals surface area contributed by atoms with Gasteiger partial charge in [0.1, 0.15) is 5.65 Å². The summed E-state index contributed by atoms with van der Waals surface area (Å²) in [5.41, 5.74) is 10.6. The number of ether oxygens (including phenoxy) is 1. The van der Waals surface area contributed by atoms with Crippen molar-refractivity contribution in [2.24, 2.45) is 0 Å². The number of aromatic nitrogens is 2. The quantitative estimate of drug-likeness (QED) is 0.492. The zero-order chi connectivity index (χ0) is 17.5. The second-order valence-electron chi connectivity index (χ2n) is 5.47. The molecule has 0 bridgehead atoms. The summed E-state index contributed by atoms with van der Waals surface area (Å²) < 4.78 is 5.46. The summed E-state index contributed by atoms with van der Waals surface area (Å²) in [4.78, 5) is 10.0. The summed E-state index contributed by atoms with van der Waals surface area (Å²) >= 11 is 3.83. The van der Waals surface area contributed by atoms with Crippen LogP contribution in [-0.4, -0.2) is 42.1 Å². The Labute approximate surface area is 152 Å². The van der Waals surface area contributed by atoms with Crippen LogP contribution in [0.1, 0.15) is 0 Å². The Morgan fingerprint density at radius 3 is 2.60 bits per heavy atom. The van der Waals surface area contributed by atoms with Crippen LogP contribution in [0.15, 0.2) is 48.8 Å². The molecule has 0 unspecified atom stereocenters. The molecule has 0 radical (unpaired) electrons. The number of pyridine rings is 1. The van der Waals surface area contributed by atoms with E-state index >= 15 is 0 Å². The zero-order valence-electron chi connectivity index (χ0n) is 13.9. The maximum Gasteiger partial charge on any atom is 0.141 e. The predicted octanol–water partition coefficient (Wildman–Crippen LogP) is 3.45. The zero-order valence-corrected chi connectivity index (χ0v) is 14.7. The average molecular weight is 355 g/mol. The van der Waals surface area contributed by atoms with Crippen LogP contribution >= 0.6 is 12.2 Å². The van der Waals surface area contributed by atoms with E-state index in [1.165, 1.54) is 5.69 Å². The van der Waals surface area contributed by atoms with Crippen LogP contribution in [0.4, 0.5) is 17.1 Å². The number of fused-ring (bicyclic) bond motifs is 1. The summed E-state index contributed by atoms with van der Waals surface area (Å²) in [6.07, 6.45) is 3.79. The topological polar surface area (TPSA) is 65.2 Å². The number of H-pyrrole nitrogens is 1. The van der Waals surface area contributed by atoms with Crippen LogP contribution in [0.3, 0.4) is 0 Å². The van der Waals surface area contributed by atoms with Gasteiger partial charge in [0.2, 0.25) is 0 Å². The Morgan fingerprint density at radius 2 is 1.84 bits per heavy atom. The molecule has 1 saturated heterocycles. The number of hydrogen-bond acceptors (Lipinski definition) is 6. The lowest BCUT2D eigenvalue weighted by molar-refractivity contribution is 0.123. The van der Waals surface area contributed by atoms with Gasteiger partial charge in [0.15, 0.2) is 0 Å². The van der Waals surface area contributed by atoms with Crippen LogP contribution in [0, 0.1) is 0 Å². The number of aromatic amines is 1. The molecule has 25 heavy (non-hydrogen) atoms. The van der Waals surface area contributed by atoms with Gasteiger partial charge >= 0.3 is 0 Å². The van der Waals surface area contributed by atoms with Crippen molar-refractivity contribution < 1.29 is 4.74 Å². The molecule has 130 valence electrons. The Balaban J connectivity index is 0.000000880.